The van der Waals surface area contributed by atoms with Crippen LogP contribution >= 0.6 is 0 Å². The summed E-state index contributed by atoms with van der Waals surface area (Å²) >= 11 is 0. The van der Waals surface area contributed by atoms with Crippen molar-refractivity contribution >= 4 is 23.4 Å². The van der Waals surface area contributed by atoms with Crippen molar-refractivity contribution in [1.29, 1.82) is 0 Å². The zero-order valence-electron chi connectivity index (χ0n) is 13.4. The standard InChI is InChI=1S/C14H16N6O.CH2O2/c1-10-9-20(18-17-10)8-6-15-14(21)12-4-3-11-5-7-19(2)13(11)16-12;2-1-3/h3-5,7,9H,6,8H2,1-2H3,(H,15,21);1H,(H,2,3). The Bertz CT molecular complexity index is 839. The summed E-state index contributed by atoms with van der Waals surface area (Å²) < 4.78 is 3.59. The zero-order valence-corrected chi connectivity index (χ0v) is 13.4. The minimum atomic E-state index is -0.250. The molecule has 2 N–H and O–H groups in total. The lowest BCUT2D eigenvalue weighted by molar-refractivity contribution is -0.122. The normalized spacial score (nSPS) is 10.1. The first kappa shape index (κ1) is 17.1. The molecule has 0 saturated heterocycles. The van der Waals surface area contributed by atoms with Gasteiger partial charge in [-0.2, -0.15) is 0 Å². The van der Waals surface area contributed by atoms with Crippen LogP contribution in [0, 0.1) is 6.92 Å². The third-order valence-electron chi connectivity index (χ3n) is 3.23. The lowest BCUT2D eigenvalue weighted by atomic mass is 10.3. The van der Waals surface area contributed by atoms with E-state index in [0.29, 0.717) is 18.8 Å². The number of fused-ring (bicyclic) bond motifs is 1. The van der Waals surface area contributed by atoms with Crippen LogP contribution in [0.2, 0.25) is 0 Å². The fraction of sp³-hybridized carbons (Fsp3) is 0.267. The second-order valence-electron chi connectivity index (χ2n) is 5.02. The van der Waals surface area contributed by atoms with Crippen molar-refractivity contribution in [3.05, 3.63) is 42.0 Å². The quantitative estimate of drug-likeness (QED) is 0.677. The number of carboxylic acid groups (broad SMARTS) is 1. The molecule has 3 heterocycles. The molecule has 3 aromatic heterocycles. The van der Waals surface area contributed by atoms with Gasteiger partial charge in [-0.15, -0.1) is 5.10 Å². The van der Waals surface area contributed by atoms with Gasteiger partial charge in [-0.25, -0.2) is 4.98 Å². The Hall–Kier alpha value is -3.23. The van der Waals surface area contributed by atoms with Gasteiger partial charge in [0.25, 0.3) is 12.4 Å². The van der Waals surface area contributed by atoms with E-state index in [-0.39, 0.29) is 12.4 Å². The van der Waals surface area contributed by atoms with Gasteiger partial charge in [0.2, 0.25) is 0 Å². The van der Waals surface area contributed by atoms with Gasteiger partial charge in [-0.05, 0) is 25.1 Å². The average molecular weight is 330 g/mol. The highest BCUT2D eigenvalue weighted by atomic mass is 16.3. The van der Waals surface area contributed by atoms with E-state index in [1.165, 1.54) is 0 Å². The molecule has 0 unspecified atom stereocenters. The van der Waals surface area contributed by atoms with Crippen LogP contribution in [-0.4, -0.2) is 48.6 Å². The number of carbonyl (C=O) groups excluding carboxylic acids is 1. The maximum absolute atomic E-state index is 12.1. The number of aryl methyl sites for hydroxylation is 2. The first-order chi connectivity index (χ1) is 11.5. The number of carbonyl (C=O) groups is 2. The summed E-state index contributed by atoms with van der Waals surface area (Å²) in [6.45, 7) is 2.69. The Labute approximate surface area is 137 Å². The molecule has 0 aliphatic rings. The summed E-state index contributed by atoms with van der Waals surface area (Å²) in [5, 5.41) is 18.6. The molecule has 0 radical (unpaired) electrons. The predicted molar refractivity (Wildman–Crippen MR) is 86.5 cm³/mol. The number of amides is 1. The predicted octanol–water partition coefficient (Wildman–Crippen LogP) is 0.604. The summed E-state index contributed by atoms with van der Waals surface area (Å²) in [6, 6.07) is 5.60. The summed E-state index contributed by atoms with van der Waals surface area (Å²) in [4.78, 5) is 24.8. The monoisotopic (exact) mass is 330 g/mol. The third-order valence-corrected chi connectivity index (χ3v) is 3.23. The van der Waals surface area contributed by atoms with E-state index in [4.69, 9.17) is 9.90 Å². The van der Waals surface area contributed by atoms with Crippen LogP contribution in [0.25, 0.3) is 11.0 Å². The highest BCUT2D eigenvalue weighted by Gasteiger charge is 2.09. The van der Waals surface area contributed by atoms with Crippen LogP contribution < -0.4 is 5.32 Å². The highest BCUT2D eigenvalue weighted by molar-refractivity contribution is 5.94. The molecule has 0 bridgehead atoms. The Kier molecular flexibility index (Phi) is 5.61. The van der Waals surface area contributed by atoms with Crippen molar-refractivity contribution in [1.82, 2.24) is 29.9 Å². The molecular formula is C15H18N6O3. The first-order valence-corrected chi connectivity index (χ1v) is 7.20. The zero-order chi connectivity index (χ0) is 17.5. The number of nitrogens with one attached hydrogen (secondary N) is 1. The molecule has 1 amide bonds. The number of aromatic nitrogens is 5. The van der Waals surface area contributed by atoms with E-state index >= 15 is 0 Å². The van der Waals surface area contributed by atoms with E-state index in [1.54, 1.807) is 10.7 Å². The summed E-state index contributed by atoms with van der Waals surface area (Å²) in [7, 11) is 1.91. The van der Waals surface area contributed by atoms with Gasteiger partial charge in [0.05, 0.1) is 12.2 Å². The molecule has 3 rings (SSSR count). The third kappa shape index (κ3) is 4.15. The topological polar surface area (TPSA) is 115 Å². The second kappa shape index (κ2) is 7.86. The van der Waals surface area contributed by atoms with Crippen LogP contribution in [-0.2, 0) is 18.4 Å². The van der Waals surface area contributed by atoms with Crippen LogP contribution in [0.5, 0.6) is 0 Å². The van der Waals surface area contributed by atoms with Crippen LogP contribution in [0.4, 0.5) is 0 Å². The van der Waals surface area contributed by atoms with Gasteiger partial charge < -0.3 is 15.0 Å². The lowest BCUT2D eigenvalue weighted by Crippen LogP contribution is -2.28. The molecular weight excluding hydrogens is 312 g/mol. The molecule has 126 valence electrons. The van der Waals surface area contributed by atoms with E-state index in [2.05, 4.69) is 20.6 Å². The minimum Gasteiger partial charge on any atom is -0.483 e. The molecule has 0 aliphatic heterocycles. The maximum atomic E-state index is 12.1. The number of pyridine rings is 1. The number of hydrogen-bond donors (Lipinski definition) is 2. The molecule has 9 nitrogen and oxygen atoms in total. The number of rotatable bonds is 4. The molecule has 24 heavy (non-hydrogen) atoms. The van der Waals surface area contributed by atoms with E-state index in [0.717, 1.165) is 16.7 Å². The van der Waals surface area contributed by atoms with Crippen molar-refractivity contribution in [3.8, 4) is 0 Å². The van der Waals surface area contributed by atoms with Crippen molar-refractivity contribution in [2.75, 3.05) is 6.54 Å². The van der Waals surface area contributed by atoms with Crippen molar-refractivity contribution in [2.45, 2.75) is 13.5 Å². The number of hydrogen-bond acceptors (Lipinski definition) is 5. The highest BCUT2D eigenvalue weighted by Crippen LogP contribution is 2.12. The largest absolute Gasteiger partial charge is 0.483 e. The Morgan fingerprint density at radius 3 is 2.79 bits per heavy atom. The van der Waals surface area contributed by atoms with Gasteiger partial charge in [0.1, 0.15) is 11.3 Å². The lowest BCUT2D eigenvalue weighted by Gasteiger charge is -2.05. The molecule has 9 heteroatoms. The Morgan fingerprint density at radius 1 is 1.38 bits per heavy atom. The van der Waals surface area contributed by atoms with Crippen LogP contribution in [0.15, 0.2) is 30.6 Å². The number of nitrogens with zero attached hydrogens (tertiary/aromatic N) is 5. The fourth-order valence-corrected chi connectivity index (χ4v) is 2.14. The van der Waals surface area contributed by atoms with Crippen LogP contribution in [0.1, 0.15) is 16.2 Å². The van der Waals surface area contributed by atoms with E-state index < -0.39 is 0 Å². The molecule has 0 aliphatic carbocycles. The summed E-state index contributed by atoms with van der Waals surface area (Å²) in [5.41, 5.74) is 2.07. The second-order valence-corrected chi connectivity index (χ2v) is 5.02. The Balaban J connectivity index is 0.000000647. The SMILES string of the molecule is Cc1cn(CCNC(=O)c2ccc3ccn(C)c3n2)nn1.O=CO. The van der Waals surface area contributed by atoms with Gasteiger partial charge in [0.15, 0.2) is 0 Å². The fourth-order valence-electron chi connectivity index (χ4n) is 2.14. The smallest absolute Gasteiger partial charge is 0.290 e. The molecule has 0 aromatic carbocycles. The molecule has 0 atom stereocenters. The maximum Gasteiger partial charge on any atom is 0.290 e. The van der Waals surface area contributed by atoms with Crippen molar-refractivity contribution < 1.29 is 14.7 Å². The Morgan fingerprint density at radius 2 is 2.12 bits per heavy atom. The molecule has 3 aromatic rings. The van der Waals surface area contributed by atoms with Crippen LogP contribution in [0.3, 0.4) is 0 Å². The van der Waals surface area contributed by atoms with Crippen molar-refractivity contribution in [3.63, 3.8) is 0 Å². The minimum absolute atomic E-state index is 0.185. The van der Waals surface area contributed by atoms with E-state index in [9.17, 15) is 4.79 Å². The molecule has 0 fully saturated rings. The molecule has 0 saturated carbocycles. The summed E-state index contributed by atoms with van der Waals surface area (Å²) in [5.74, 6) is -0.185. The van der Waals surface area contributed by atoms with Gasteiger partial charge in [-0.3, -0.25) is 14.3 Å². The summed E-state index contributed by atoms with van der Waals surface area (Å²) in [6.07, 6.45) is 3.76. The molecule has 0 spiro atoms. The van der Waals surface area contributed by atoms with Gasteiger partial charge in [-0.1, -0.05) is 5.21 Å². The first-order valence-electron chi connectivity index (χ1n) is 7.20. The average Bonchev–Trinajstić information content (AvgIpc) is 3.14. The van der Waals surface area contributed by atoms with Crippen molar-refractivity contribution in [2.24, 2.45) is 7.05 Å². The van der Waals surface area contributed by atoms with E-state index in [1.807, 2.05) is 43.1 Å². The van der Waals surface area contributed by atoms with Gasteiger partial charge >= 0.3 is 0 Å². The van der Waals surface area contributed by atoms with Gasteiger partial charge in [0, 0.05) is 31.4 Å².